The van der Waals surface area contributed by atoms with Gasteiger partial charge >= 0.3 is 0 Å². The third-order valence-corrected chi connectivity index (χ3v) is 10.1. The molecule has 3 aliphatic carbocycles. The number of nitrogens with one attached hydrogen (secondary N) is 2. The van der Waals surface area contributed by atoms with E-state index in [2.05, 4.69) is 66.3 Å². The number of nitrogens with zero attached hydrogens (tertiary/aromatic N) is 2. The van der Waals surface area contributed by atoms with E-state index < -0.39 is 0 Å². The largest absolute Gasteiger partial charge is 0.370 e. The molecule has 200 valence electrons. The lowest BCUT2D eigenvalue weighted by Gasteiger charge is -2.31. The fourth-order valence-electron chi connectivity index (χ4n) is 7.63. The first kappa shape index (κ1) is 24.3. The minimum atomic E-state index is -0.263. The SMILES string of the molecule is COCN[C@H](C(=O)N1CC2(CC2)C[C@H]1c1nc2ccc(-c3ccc(C)c4c3CC3CCC43)cc2[nH]1)C(C)C. The zero-order valence-corrected chi connectivity index (χ0v) is 23.1. The third kappa shape index (κ3) is 3.83. The first-order chi connectivity index (χ1) is 18.4. The van der Waals surface area contributed by atoms with Gasteiger partial charge in [-0.3, -0.25) is 10.1 Å². The quantitative estimate of drug-likeness (QED) is 0.389. The monoisotopic (exact) mass is 512 g/mol. The molecular weight excluding hydrogens is 472 g/mol. The van der Waals surface area contributed by atoms with E-state index in [0.29, 0.717) is 6.73 Å². The molecule has 7 rings (SSSR count). The summed E-state index contributed by atoms with van der Waals surface area (Å²) >= 11 is 0. The zero-order chi connectivity index (χ0) is 26.2. The number of likely N-dealkylation sites (tertiary alicyclic amines) is 1. The molecule has 3 aromatic rings. The standard InChI is InChI=1S/C32H40N4O2/c1-18(2)29(33-17-38-4)31(37)36-16-32(11-12-32)15-27(36)30-34-25-10-7-21(14-26(25)35-30)22-8-5-19(3)28-23-9-6-20(23)13-24(22)28/h5,7-8,10,14,18,20,23,27,29,33H,6,9,11-13,15-17H2,1-4H3,(H,34,35)/t20?,23?,27-,29-/m0/s1. The molecule has 2 unspecified atom stereocenters. The van der Waals surface area contributed by atoms with E-state index in [1.165, 1.54) is 48.8 Å². The first-order valence-corrected chi connectivity index (χ1v) is 14.5. The van der Waals surface area contributed by atoms with Crippen LogP contribution >= 0.6 is 0 Å². The molecule has 0 bridgehead atoms. The Bertz CT molecular complexity index is 1400. The van der Waals surface area contributed by atoms with Crippen LogP contribution in [0.25, 0.3) is 22.2 Å². The summed E-state index contributed by atoms with van der Waals surface area (Å²) < 4.78 is 5.24. The van der Waals surface area contributed by atoms with Gasteiger partial charge in [0.25, 0.3) is 0 Å². The van der Waals surface area contributed by atoms with E-state index >= 15 is 0 Å². The molecule has 2 heterocycles. The number of aryl methyl sites for hydroxylation is 1. The van der Waals surface area contributed by atoms with Crippen molar-refractivity contribution >= 4 is 16.9 Å². The number of amides is 1. The van der Waals surface area contributed by atoms with E-state index in [4.69, 9.17) is 9.72 Å². The minimum Gasteiger partial charge on any atom is -0.370 e. The van der Waals surface area contributed by atoms with Gasteiger partial charge in [0.05, 0.1) is 29.8 Å². The van der Waals surface area contributed by atoms with Crippen LogP contribution in [0, 0.1) is 24.2 Å². The molecule has 38 heavy (non-hydrogen) atoms. The van der Waals surface area contributed by atoms with Crippen molar-refractivity contribution in [3.8, 4) is 11.1 Å². The number of imidazole rings is 1. The van der Waals surface area contributed by atoms with Gasteiger partial charge in [0.15, 0.2) is 0 Å². The number of ether oxygens (including phenoxy) is 1. The second-order valence-corrected chi connectivity index (χ2v) is 12.9. The predicted molar refractivity (Wildman–Crippen MR) is 150 cm³/mol. The molecule has 0 radical (unpaired) electrons. The van der Waals surface area contributed by atoms with Crippen LogP contribution in [0.15, 0.2) is 30.3 Å². The highest BCUT2D eigenvalue weighted by atomic mass is 16.5. The van der Waals surface area contributed by atoms with Gasteiger partial charge in [-0.2, -0.15) is 0 Å². The lowest BCUT2D eigenvalue weighted by atomic mass is 9.73. The molecule has 2 saturated carbocycles. The number of H-pyrrole nitrogens is 1. The number of methoxy groups -OCH3 is 1. The molecule has 4 atom stereocenters. The first-order valence-electron chi connectivity index (χ1n) is 14.5. The number of rotatable bonds is 7. The number of carbonyl (C=O) groups is 1. The van der Waals surface area contributed by atoms with E-state index in [-0.39, 0.29) is 29.3 Å². The lowest BCUT2D eigenvalue weighted by Crippen LogP contribution is -2.49. The van der Waals surface area contributed by atoms with E-state index in [0.717, 1.165) is 41.7 Å². The van der Waals surface area contributed by atoms with E-state index in [9.17, 15) is 4.79 Å². The fraction of sp³-hybridized carbons (Fsp3) is 0.562. The van der Waals surface area contributed by atoms with Crippen molar-refractivity contribution in [1.29, 1.82) is 0 Å². The molecule has 6 heteroatoms. The third-order valence-electron chi connectivity index (χ3n) is 10.1. The maximum absolute atomic E-state index is 13.8. The summed E-state index contributed by atoms with van der Waals surface area (Å²) in [7, 11) is 1.66. The molecule has 1 saturated heterocycles. The Kier molecular flexibility index (Phi) is 5.72. The Hall–Kier alpha value is -2.70. The van der Waals surface area contributed by atoms with Crippen molar-refractivity contribution in [2.24, 2.45) is 17.3 Å². The smallest absolute Gasteiger partial charge is 0.240 e. The van der Waals surface area contributed by atoms with E-state index in [1.54, 1.807) is 18.2 Å². The summed E-state index contributed by atoms with van der Waals surface area (Å²) in [6.07, 6.45) is 7.35. The van der Waals surface area contributed by atoms with Gasteiger partial charge in [0, 0.05) is 13.7 Å². The molecule has 1 spiro atoms. The van der Waals surface area contributed by atoms with Crippen LogP contribution in [0.4, 0.5) is 0 Å². The summed E-state index contributed by atoms with van der Waals surface area (Å²) in [4.78, 5) is 24.6. The number of hydrogen-bond donors (Lipinski definition) is 2. The van der Waals surface area contributed by atoms with Gasteiger partial charge in [0.1, 0.15) is 5.82 Å². The van der Waals surface area contributed by atoms with Crippen LogP contribution in [-0.4, -0.2) is 47.2 Å². The van der Waals surface area contributed by atoms with Crippen LogP contribution in [0.3, 0.4) is 0 Å². The summed E-state index contributed by atoms with van der Waals surface area (Å²) in [6.45, 7) is 7.67. The molecule has 2 N–H and O–H groups in total. The average Bonchev–Trinajstić information content (AvgIpc) is 3.21. The highest BCUT2D eigenvalue weighted by Gasteiger charge is 2.55. The van der Waals surface area contributed by atoms with E-state index in [1.807, 2.05) is 0 Å². The zero-order valence-electron chi connectivity index (χ0n) is 23.1. The molecule has 6 nitrogen and oxygen atoms in total. The Labute approximate surface area is 225 Å². The number of aromatic nitrogens is 2. The van der Waals surface area contributed by atoms with Gasteiger partial charge in [-0.15, -0.1) is 0 Å². The van der Waals surface area contributed by atoms with Gasteiger partial charge in [-0.05, 0) is 109 Å². The maximum atomic E-state index is 13.8. The second-order valence-electron chi connectivity index (χ2n) is 12.9. The van der Waals surface area contributed by atoms with Gasteiger partial charge in [-0.1, -0.05) is 32.0 Å². The highest BCUT2D eigenvalue weighted by molar-refractivity contribution is 5.85. The highest BCUT2D eigenvalue weighted by Crippen LogP contribution is 2.58. The molecular formula is C32H40N4O2. The lowest BCUT2D eigenvalue weighted by molar-refractivity contribution is -0.136. The minimum absolute atomic E-state index is 0.00862. The second kappa shape index (κ2) is 8.92. The molecule has 4 aliphatic rings. The molecule has 2 aromatic carbocycles. The van der Waals surface area contributed by atoms with Crippen molar-refractivity contribution in [2.45, 2.75) is 77.3 Å². The molecule has 3 fully saturated rings. The van der Waals surface area contributed by atoms with Crippen LogP contribution in [0.1, 0.15) is 80.4 Å². The Balaban J connectivity index is 1.21. The number of fused-ring (bicyclic) bond motifs is 4. The normalized spacial score (nSPS) is 25.6. The number of hydrogen-bond acceptors (Lipinski definition) is 4. The van der Waals surface area contributed by atoms with Crippen molar-refractivity contribution in [1.82, 2.24) is 20.2 Å². The maximum Gasteiger partial charge on any atom is 0.240 e. The predicted octanol–water partition coefficient (Wildman–Crippen LogP) is 5.86. The Morgan fingerprint density at radius 1 is 1.24 bits per heavy atom. The van der Waals surface area contributed by atoms with Crippen LogP contribution in [0.2, 0.25) is 0 Å². The van der Waals surface area contributed by atoms with Crippen molar-refractivity contribution in [2.75, 3.05) is 20.4 Å². The summed E-state index contributed by atoms with van der Waals surface area (Å²) in [5, 5.41) is 3.31. The summed E-state index contributed by atoms with van der Waals surface area (Å²) in [6, 6.07) is 11.0. The molecule has 1 aliphatic heterocycles. The number of carbonyl (C=O) groups excluding carboxylic acids is 1. The van der Waals surface area contributed by atoms with Crippen molar-refractivity contribution in [3.05, 3.63) is 52.8 Å². The number of aromatic amines is 1. The summed E-state index contributed by atoms with van der Waals surface area (Å²) in [5.41, 5.74) is 9.63. The van der Waals surface area contributed by atoms with Crippen LogP contribution < -0.4 is 5.32 Å². The van der Waals surface area contributed by atoms with Crippen molar-refractivity contribution < 1.29 is 9.53 Å². The van der Waals surface area contributed by atoms with Gasteiger partial charge in [-0.25, -0.2) is 4.98 Å². The Morgan fingerprint density at radius 3 is 2.79 bits per heavy atom. The topological polar surface area (TPSA) is 70.2 Å². The molecule has 1 amide bonds. The van der Waals surface area contributed by atoms with Gasteiger partial charge < -0.3 is 14.6 Å². The van der Waals surface area contributed by atoms with Crippen LogP contribution in [-0.2, 0) is 16.0 Å². The fourth-order valence-corrected chi connectivity index (χ4v) is 7.63. The molecule has 1 aromatic heterocycles. The summed E-state index contributed by atoms with van der Waals surface area (Å²) in [5.74, 6) is 2.90. The van der Waals surface area contributed by atoms with Crippen molar-refractivity contribution in [3.63, 3.8) is 0 Å². The Morgan fingerprint density at radius 2 is 2.08 bits per heavy atom. The van der Waals surface area contributed by atoms with Gasteiger partial charge in [0.2, 0.25) is 5.91 Å². The number of benzene rings is 2. The average molecular weight is 513 g/mol. The van der Waals surface area contributed by atoms with Crippen LogP contribution in [0.5, 0.6) is 0 Å².